The molecule has 1 aromatic heterocycles. The minimum atomic E-state index is 0.286. The van der Waals surface area contributed by atoms with Crippen LogP contribution in [0.4, 0.5) is 5.88 Å². The van der Waals surface area contributed by atoms with Crippen molar-refractivity contribution in [3.8, 4) is 6.07 Å². The van der Waals surface area contributed by atoms with Crippen LogP contribution in [0, 0.1) is 11.3 Å². The number of furan rings is 1. The lowest BCUT2D eigenvalue weighted by Gasteiger charge is -2.19. The van der Waals surface area contributed by atoms with Gasteiger partial charge in [-0.2, -0.15) is 5.26 Å². The topological polar surface area (TPSA) is 66.5 Å². The molecule has 5 nitrogen and oxygen atoms in total. The number of ether oxygens (including phenoxy) is 1. The fraction of sp³-hybridized carbons (Fsp3) is 0.455. The normalized spacial score (nSPS) is 9.75. The van der Waals surface area contributed by atoms with Crippen LogP contribution in [0.15, 0.2) is 16.5 Å². The number of carbonyl (C=O) groups excluding carboxylic acids is 1. The molecule has 1 heterocycles. The largest absolute Gasteiger partial charge is 0.438 e. The van der Waals surface area contributed by atoms with Gasteiger partial charge in [-0.05, 0) is 6.07 Å². The van der Waals surface area contributed by atoms with Crippen LogP contribution in [0.5, 0.6) is 0 Å². The number of rotatable bonds is 7. The van der Waals surface area contributed by atoms with Crippen LogP contribution < -0.4 is 4.90 Å². The number of anilines is 1. The Hall–Kier alpha value is -1.80. The third-order valence-corrected chi connectivity index (χ3v) is 2.10. The zero-order valence-electron chi connectivity index (χ0n) is 9.18. The van der Waals surface area contributed by atoms with Crippen molar-refractivity contribution in [1.82, 2.24) is 0 Å². The van der Waals surface area contributed by atoms with E-state index in [9.17, 15) is 4.79 Å². The van der Waals surface area contributed by atoms with Gasteiger partial charge in [0.1, 0.15) is 0 Å². The minimum Gasteiger partial charge on any atom is -0.438 e. The number of nitriles is 1. The molecule has 0 unspecified atom stereocenters. The minimum absolute atomic E-state index is 0.286. The summed E-state index contributed by atoms with van der Waals surface area (Å²) < 4.78 is 10.3. The summed E-state index contributed by atoms with van der Waals surface area (Å²) >= 11 is 0. The molecule has 0 fully saturated rings. The van der Waals surface area contributed by atoms with Crippen molar-refractivity contribution in [3.05, 3.63) is 17.9 Å². The number of nitrogens with zero attached hydrogens (tertiary/aromatic N) is 2. The zero-order valence-corrected chi connectivity index (χ0v) is 9.18. The van der Waals surface area contributed by atoms with Crippen LogP contribution in [-0.4, -0.2) is 33.1 Å². The second-order valence-corrected chi connectivity index (χ2v) is 3.18. The highest BCUT2D eigenvalue weighted by molar-refractivity contribution is 5.71. The van der Waals surface area contributed by atoms with Gasteiger partial charge in [-0.25, -0.2) is 0 Å². The fourth-order valence-electron chi connectivity index (χ4n) is 1.29. The number of methoxy groups -OCH3 is 1. The van der Waals surface area contributed by atoms with Crippen LogP contribution >= 0.6 is 0 Å². The molecule has 16 heavy (non-hydrogen) atoms. The lowest BCUT2D eigenvalue weighted by Crippen LogP contribution is -2.27. The van der Waals surface area contributed by atoms with E-state index in [2.05, 4.69) is 6.07 Å². The first-order chi connectivity index (χ1) is 7.81. The molecule has 0 spiro atoms. The molecule has 0 radical (unpaired) electrons. The van der Waals surface area contributed by atoms with E-state index in [-0.39, 0.29) is 5.76 Å². The Kier molecular flexibility index (Phi) is 5.09. The first kappa shape index (κ1) is 12.3. The van der Waals surface area contributed by atoms with E-state index in [0.29, 0.717) is 38.3 Å². The monoisotopic (exact) mass is 222 g/mol. The molecular formula is C11H14N2O3. The summed E-state index contributed by atoms with van der Waals surface area (Å²) in [4.78, 5) is 12.4. The fourth-order valence-corrected chi connectivity index (χ4v) is 1.29. The van der Waals surface area contributed by atoms with Crippen molar-refractivity contribution in [2.45, 2.75) is 6.42 Å². The molecule has 1 rings (SSSR count). The Morgan fingerprint density at radius 1 is 1.56 bits per heavy atom. The molecule has 0 aliphatic rings. The quantitative estimate of drug-likeness (QED) is 0.653. The Morgan fingerprint density at radius 3 is 2.94 bits per heavy atom. The smallest absolute Gasteiger partial charge is 0.196 e. The van der Waals surface area contributed by atoms with E-state index in [1.807, 2.05) is 4.90 Å². The highest BCUT2D eigenvalue weighted by Gasteiger charge is 2.10. The molecule has 0 atom stereocenters. The zero-order chi connectivity index (χ0) is 11.8. The van der Waals surface area contributed by atoms with E-state index in [4.69, 9.17) is 14.4 Å². The van der Waals surface area contributed by atoms with Crippen LogP contribution in [0.1, 0.15) is 17.0 Å². The summed E-state index contributed by atoms with van der Waals surface area (Å²) in [7, 11) is 1.61. The van der Waals surface area contributed by atoms with Gasteiger partial charge in [0.05, 0.1) is 19.1 Å². The Bertz CT molecular complexity index is 368. The van der Waals surface area contributed by atoms with E-state index < -0.39 is 0 Å². The maximum atomic E-state index is 10.5. The Balaban J connectivity index is 2.66. The molecule has 0 N–H and O–H groups in total. The number of carbonyl (C=O) groups is 1. The van der Waals surface area contributed by atoms with E-state index >= 15 is 0 Å². The van der Waals surface area contributed by atoms with Crippen LogP contribution in [0.2, 0.25) is 0 Å². The van der Waals surface area contributed by atoms with Crippen LogP contribution in [0.25, 0.3) is 0 Å². The van der Waals surface area contributed by atoms with Crippen LogP contribution in [-0.2, 0) is 4.74 Å². The maximum Gasteiger partial charge on any atom is 0.196 e. The third-order valence-electron chi connectivity index (χ3n) is 2.10. The molecule has 0 aromatic carbocycles. The van der Waals surface area contributed by atoms with Gasteiger partial charge in [-0.1, -0.05) is 0 Å². The maximum absolute atomic E-state index is 10.5. The van der Waals surface area contributed by atoms with Crippen molar-refractivity contribution >= 4 is 12.2 Å². The Morgan fingerprint density at radius 2 is 2.38 bits per heavy atom. The van der Waals surface area contributed by atoms with Crippen molar-refractivity contribution in [2.24, 2.45) is 0 Å². The average molecular weight is 222 g/mol. The molecule has 86 valence electrons. The van der Waals surface area contributed by atoms with Gasteiger partial charge in [-0.3, -0.25) is 4.79 Å². The molecule has 0 aliphatic heterocycles. The Labute approximate surface area is 94.2 Å². The lowest BCUT2D eigenvalue weighted by atomic mass is 10.4. The summed E-state index contributed by atoms with van der Waals surface area (Å²) in [6, 6.07) is 5.40. The molecule has 0 amide bonds. The van der Waals surface area contributed by atoms with E-state index in [1.54, 1.807) is 19.2 Å². The summed E-state index contributed by atoms with van der Waals surface area (Å²) in [6.07, 6.45) is 1.06. The van der Waals surface area contributed by atoms with Gasteiger partial charge < -0.3 is 14.1 Å². The van der Waals surface area contributed by atoms with Gasteiger partial charge >= 0.3 is 0 Å². The first-order valence-corrected chi connectivity index (χ1v) is 4.97. The second kappa shape index (κ2) is 6.64. The lowest BCUT2D eigenvalue weighted by molar-refractivity contribution is 0.110. The number of aldehydes is 1. The summed E-state index contributed by atoms with van der Waals surface area (Å²) in [6.45, 7) is 1.73. The van der Waals surface area contributed by atoms with E-state index in [0.717, 1.165) is 0 Å². The molecule has 1 aromatic rings. The van der Waals surface area contributed by atoms with Gasteiger partial charge in [0.2, 0.25) is 0 Å². The summed E-state index contributed by atoms with van der Waals surface area (Å²) in [5, 5.41) is 8.54. The van der Waals surface area contributed by atoms with Crippen molar-refractivity contribution < 1.29 is 13.9 Å². The number of hydrogen-bond donors (Lipinski definition) is 0. The van der Waals surface area contributed by atoms with Gasteiger partial charge in [-0.15, -0.1) is 0 Å². The van der Waals surface area contributed by atoms with Crippen molar-refractivity contribution in [1.29, 1.82) is 5.26 Å². The van der Waals surface area contributed by atoms with Gasteiger partial charge in [0.25, 0.3) is 0 Å². The molecule has 0 saturated carbocycles. The molecular weight excluding hydrogens is 208 g/mol. The molecule has 0 saturated heterocycles. The summed E-state index contributed by atoms with van der Waals surface area (Å²) in [5.41, 5.74) is 0. The van der Waals surface area contributed by atoms with Crippen molar-refractivity contribution in [3.63, 3.8) is 0 Å². The molecule has 0 aliphatic carbocycles. The van der Waals surface area contributed by atoms with E-state index in [1.165, 1.54) is 0 Å². The average Bonchev–Trinajstić information content (AvgIpc) is 2.78. The highest BCUT2D eigenvalue weighted by Crippen LogP contribution is 2.17. The van der Waals surface area contributed by atoms with Gasteiger partial charge in [0.15, 0.2) is 17.9 Å². The highest BCUT2D eigenvalue weighted by atomic mass is 16.5. The molecule has 0 bridgehead atoms. The SMILES string of the molecule is COCCN(CCC#N)c1ccc(C=O)o1. The first-order valence-electron chi connectivity index (χ1n) is 4.97. The predicted octanol–water partition coefficient (Wildman–Crippen LogP) is 1.46. The predicted molar refractivity (Wildman–Crippen MR) is 58.4 cm³/mol. The van der Waals surface area contributed by atoms with Crippen molar-refractivity contribution in [2.75, 3.05) is 31.7 Å². The summed E-state index contributed by atoms with van der Waals surface area (Å²) in [5.74, 6) is 0.878. The van der Waals surface area contributed by atoms with Crippen LogP contribution in [0.3, 0.4) is 0 Å². The van der Waals surface area contributed by atoms with Gasteiger partial charge in [0, 0.05) is 26.3 Å². The number of hydrogen-bond acceptors (Lipinski definition) is 5. The molecule has 5 heteroatoms. The second-order valence-electron chi connectivity index (χ2n) is 3.18. The standard InChI is InChI=1S/C11H14N2O3/c1-15-8-7-13(6-2-5-12)11-4-3-10(9-14)16-11/h3-4,9H,2,6-8H2,1H3. The third kappa shape index (κ3) is 3.41.